The molecule has 0 fully saturated rings. The molecule has 0 aliphatic rings. The summed E-state index contributed by atoms with van der Waals surface area (Å²) in [5.74, 6) is -0.389. The summed E-state index contributed by atoms with van der Waals surface area (Å²) in [7, 11) is -6.53. The highest BCUT2D eigenvalue weighted by Crippen LogP contribution is 2.45. The van der Waals surface area contributed by atoms with E-state index in [1.54, 1.807) is 0 Å². The lowest BCUT2D eigenvalue weighted by Gasteiger charge is -2.49. The van der Waals surface area contributed by atoms with Crippen molar-refractivity contribution in [2.75, 3.05) is 6.23 Å². The quantitative estimate of drug-likeness (QED) is 0.249. The smallest absolute Gasteiger partial charge is 0.329 e. The summed E-state index contributed by atoms with van der Waals surface area (Å²) in [6, 6.07) is 0.903. The summed E-state index contributed by atoms with van der Waals surface area (Å²) in [4.78, 5) is 11.4. The van der Waals surface area contributed by atoms with Crippen molar-refractivity contribution in [2.24, 2.45) is 0 Å². The largest absolute Gasteiger partial charge is 0.463 e. The van der Waals surface area contributed by atoms with E-state index >= 15 is 0 Å². The first-order chi connectivity index (χ1) is 11.3. The van der Waals surface area contributed by atoms with Crippen molar-refractivity contribution in [2.45, 2.75) is 90.8 Å². The minimum absolute atomic E-state index is 0.337. The van der Waals surface area contributed by atoms with Crippen LogP contribution in [0.1, 0.15) is 48.5 Å². The highest BCUT2D eigenvalue weighted by atomic mass is 28.5. The molecule has 4 nitrogen and oxygen atoms in total. The van der Waals surface area contributed by atoms with E-state index in [1.165, 1.54) is 6.08 Å². The van der Waals surface area contributed by atoms with Crippen LogP contribution in [0.5, 0.6) is 0 Å². The number of carbonyl (C=O) groups is 1. The van der Waals surface area contributed by atoms with Gasteiger partial charge in [0.1, 0.15) is 6.23 Å². The fraction of sp³-hybridized carbons (Fsp3) is 0.833. The molecule has 0 saturated heterocycles. The van der Waals surface area contributed by atoms with Crippen molar-refractivity contribution in [3.05, 3.63) is 12.7 Å². The number of esters is 1. The second-order valence-corrected chi connectivity index (χ2v) is 22.2. The molecule has 7 heteroatoms. The van der Waals surface area contributed by atoms with Crippen LogP contribution in [0.15, 0.2) is 12.7 Å². The lowest BCUT2D eigenvalue weighted by Crippen LogP contribution is -2.60. The van der Waals surface area contributed by atoms with Gasteiger partial charge in [0.05, 0.1) is 0 Å². The van der Waals surface area contributed by atoms with Crippen molar-refractivity contribution >= 4 is 31.2 Å². The van der Waals surface area contributed by atoms with Crippen molar-refractivity contribution in [1.29, 1.82) is 0 Å². The molecular weight excluding hydrogens is 364 g/mol. The molecule has 1 atom stereocenters. The first-order valence-corrected chi connectivity index (χ1v) is 17.2. The van der Waals surface area contributed by atoms with Gasteiger partial charge in [-0.3, -0.25) is 0 Å². The molecule has 0 heterocycles. The normalized spacial score (nSPS) is 15.6. The molecule has 1 unspecified atom stereocenters. The molecule has 0 aromatic rings. The van der Waals surface area contributed by atoms with E-state index in [0.29, 0.717) is 22.9 Å². The average Bonchev–Trinajstić information content (AvgIpc) is 2.48. The van der Waals surface area contributed by atoms with Gasteiger partial charge in [-0.25, -0.2) is 4.79 Å². The predicted octanol–water partition coefficient (Wildman–Crippen LogP) is 5.76. The fourth-order valence-corrected chi connectivity index (χ4v) is 20.7. The van der Waals surface area contributed by atoms with E-state index in [4.69, 9.17) is 13.0 Å². The minimum Gasteiger partial charge on any atom is -0.463 e. The number of hydrogen-bond acceptors (Lipinski definition) is 4. The predicted molar refractivity (Wildman–Crippen MR) is 114 cm³/mol. The van der Waals surface area contributed by atoms with Crippen LogP contribution < -0.4 is 0 Å². The minimum atomic E-state index is -2.36. The molecule has 0 spiro atoms. The van der Waals surface area contributed by atoms with Crippen LogP contribution in [-0.2, 0) is 17.8 Å². The molecule has 0 aliphatic carbocycles. The molecule has 0 amide bonds. The Bertz CT molecular complexity index is 428. The van der Waals surface area contributed by atoms with Gasteiger partial charge in [0, 0.05) is 6.08 Å². The maximum Gasteiger partial charge on any atom is 0.329 e. The Morgan fingerprint density at radius 3 is 1.72 bits per heavy atom. The molecule has 0 rings (SSSR count). The third kappa shape index (κ3) is 6.78. The highest BCUT2D eigenvalue weighted by molar-refractivity contribution is 6.90. The van der Waals surface area contributed by atoms with Gasteiger partial charge in [0.2, 0.25) is 8.32 Å². The summed E-state index contributed by atoms with van der Waals surface area (Å²) < 4.78 is 19.0. The second kappa shape index (κ2) is 9.64. The standard InChI is InChI=1S/C18H40O4Si3/c1-12-18(19)20-14-23(9,10)21-24(11,13-2)22-25(15(3)4,16(5)6)17(7)8/h12,15-17H,1,13-14H2,2-11H3. The Kier molecular flexibility index (Phi) is 9.56. The third-order valence-electron chi connectivity index (χ3n) is 4.96. The van der Waals surface area contributed by atoms with Crippen molar-refractivity contribution in [3.8, 4) is 0 Å². The first-order valence-electron chi connectivity index (χ1n) is 9.45. The van der Waals surface area contributed by atoms with Gasteiger partial charge in [0.15, 0.2) is 8.32 Å². The van der Waals surface area contributed by atoms with Gasteiger partial charge in [-0.1, -0.05) is 55.0 Å². The number of carbonyl (C=O) groups excluding carboxylic acids is 1. The fourth-order valence-electron chi connectivity index (χ4n) is 3.81. The molecule has 0 bridgehead atoms. The first kappa shape index (κ1) is 24.8. The monoisotopic (exact) mass is 404 g/mol. The Morgan fingerprint density at radius 1 is 0.960 bits per heavy atom. The Hall–Kier alpha value is -0.219. The second-order valence-electron chi connectivity index (χ2n) is 8.58. The van der Waals surface area contributed by atoms with Crippen LogP contribution >= 0.6 is 0 Å². The molecule has 0 aromatic carbocycles. The molecule has 0 N–H and O–H groups in total. The van der Waals surface area contributed by atoms with Crippen LogP contribution in [0.25, 0.3) is 0 Å². The maximum atomic E-state index is 11.4. The van der Waals surface area contributed by atoms with Gasteiger partial charge < -0.3 is 13.0 Å². The third-order valence-corrected chi connectivity index (χ3v) is 19.6. The molecule has 0 aromatic heterocycles. The van der Waals surface area contributed by atoms with Gasteiger partial charge in [-0.15, -0.1) is 0 Å². The Balaban J connectivity index is 5.49. The van der Waals surface area contributed by atoms with Crippen LogP contribution in [0, 0.1) is 0 Å². The van der Waals surface area contributed by atoms with Crippen LogP contribution in [0.4, 0.5) is 0 Å². The highest BCUT2D eigenvalue weighted by Gasteiger charge is 2.51. The van der Waals surface area contributed by atoms with E-state index < -0.39 is 25.2 Å². The SMILES string of the molecule is C=CC(=O)OC[Si](C)(C)O[Si](C)(CC)O[Si](C(C)C)(C(C)C)C(C)C. The zero-order valence-corrected chi connectivity index (χ0v) is 21.1. The van der Waals surface area contributed by atoms with Crippen LogP contribution in [0.3, 0.4) is 0 Å². The van der Waals surface area contributed by atoms with E-state index in [9.17, 15) is 4.79 Å². The molecule has 0 aliphatic heterocycles. The van der Waals surface area contributed by atoms with E-state index in [-0.39, 0.29) is 5.97 Å². The number of rotatable bonds is 11. The van der Waals surface area contributed by atoms with E-state index in [0.717, 1.165) is 6.04 Å². The summed E-state index contributed by atoms with van der Waals surface area (Å²) in [6.45, 7) is 25.8. The van der Waals surface area contributed by atoms with Crippen molar-refractivity contribution < 1.29 is 17.8 Å². The molecular formula is C18H40O4Si3. The molecule has 0 radical (unpaired) electrons. The Morgan fingerprint density at radius 2 is 1.40 bits per heavy atom. The van der Waals surface area contributed by atoms with E-state index in [1.807, 2.05) is 0 Å². The van der Waals surface area contributed by atoms with Gasteiger partial charge in [0.25, 0.3) is 0 Å². The van der Waals surface area contributed by atoms with Crippen molar-refractivity contribution in [1.82, 2.24) is 0 Å². The average molecular weight is 405 g/mol. The lowest BCUT2D eigenvalue weighted by molar-refractivity contribution is -0.136. The summed E-state index contributed by atoms with van der Waals surface area (Å²) in [5.41, 5.74) is 1.58. The van der Waals surface area contributed by atoms with Crippen LogP contribution in [0.2, 0.25) is 42.3 Å². The van der Waals surface area contributed by atoms with Gasteiger partial charge >= 0.3 is 14.5 Å². The van der Waals surface area contributed by atoms with Gasteiger partial charge in [-0.2, -0.15) is 0 Å². The van der Waals surface area contributed by atoms with Gasteiger partial charge in [-0.05, 0) is 42.3 Å². The number of ether oxygens (including phenoxy) is 1. The summed E-state index contributed by atoms with van der Waals surface area (Å²) >= 11 is 0. The molecule has 148 valence electrons. The molecule has 0 saturated carbocycles. The summed E-state index contributed by atoms with van der Waals surface area (Å²) in [6.07, 6.45) is 1.54. The summed E-state index contributed by atoms with van der Waals surface area (Å²) in [5, 5.41) is 0. The molecule has 25 heavy (non-hydrogen) atoms. The maximum absolute atomic E-state index is 11.4. The zero-order valence-electron chi connectivity index (χ0n) is 18.1. The van der Waals surface area contributed by atoms with E-state index in [2.05, 4.69) is 74.7 Å². The van der Waals surface area contributed by atoms with Crippen LogP contribution in [-0.4, -0.2) is 37.4 Å². The topological polar surface area (TPSA) is 44.8 Å². The van der Waals surface area contributed by atoms with Crippen molar-refractivity contribution in [3.63, 3.8) is 0 Å². The lowest BCUT2D eigenvalue weighted by atomic mass is 10.5. The zero-order chi connectivity index (χ0) is 20.1. The number of hydrogen-bond donors (Lipinski definition) is 0. The Labute approximate surface area is 158 Å².